The molecule has 1 N–H and O–H groups in total. The molecule has 0 bridgehead atoms. The van der Waals surface area contributed by atoms with Crippen molar-refractivity contribution >= 4 is 33.9 Å². The highest BCUT2D eigenvalue weighted by molar-refractivity contribution is 8.16. The first-order valence-corrected chi connectivity index (χ1v) is 5.10. The predicted octanol–water partition coefficient (Wildman–Crippen LogP) is 2.45. The fourth-order valence-electron chi connectivity index (χ4n) is 0.510. The van der Waals surface area contributed by atoms with E-state index >= 15 is 0 Å². The van der Waals surface area contributed by atoms with Crippen LogP contribution >= 0.6 is 23.4 Å². The van der Waals surface area contributed by atoms with Gasteiger partial charge in [0.15, 0.2) is 4.50 Å². The van der Waals surface area contributed by atoms with Gasteiger partial charge in [-0.15, -0.1) is 0 Å². The van der Waals surface area contributed by atoms with Crippen LogP contribution in [0.1, 0.15) is 20.8 Å². The van der Waals surface area contributed by atoms with E-state index in [0.717, 1.165) is 5.75 Å². The van der Waals surface area contributed by atoms with E-state index in [9.17, 15) is 4.79 Å². The molecule has 5 heteroatoms. The number of carbonyl (C=O) groups excluding carboxylic acids is 1. The number of urea groups is 1. The molecule has 0 spiro atoms. The van der Waals surface area contributed by atoms with Crippen molar-refractivity contribution in [2.24, 2.45) is 4.99 Å². The summed E-state index contributed by atoms with van der Waals surface area (Å²) in [5, 5.41) is 2.61. The maximum Gasteiger partial charge on any atom is 0.343 e. The van der Waals surface area contributed by atoms with E-state index in [4.69, 9.17) is 11.6 Å². The minimum absolute atomic E-state index is 0.0948. The molecule has 0 radical (unpaired) electrons. The van der Waals surface area contributed by atoms with Crippen molar-refractivity contribution in [3.05, 3.63) is 0 Å². The third kappa shape index (κ3) is 6.49. The third-order valence-corrected chi connectivity index (χ3v) is 1.90. The molecule has 3 nitrogen and oxygen atoms in total. The minimum Gasteiger partial charge on any atom is -0.334 e. The van der Waals surface area contributed by atoms with E-state index in [1.807, 2.05) is 20.8 Å². The van der Waals surface area contributed by atoms with Crippen molar-refractivity contribution in [3.63, 3.8) is 0 Å². The fraction of sp³-hybridized carbons (Fsp3) is 0.714. The lowest BCUT2D eigenvalue weighted by Crippen LogP contribution is -2.27. The van der Waals surface area contributed by atoms with Gasteiger partial charge >= 0.3 is 6.03 Å². The molecule has 0 saturated carbocycles. The average Bonchev–Trinajstić information content (AvgIpc) is 1.84. The Kier molecular flexibility index (Phi) is 6.20. The summed E-state index contributed by atoms with van der Waals surface area (Å²) in [4.78, 5) is 14.5. The number of amides is 2. The lowest BCUT2D eigenvalue weighted by molar-refractivity contribution is 0.247. The Hall–Kier alpha value is -0.220. The Labute approximate surface area is 82.0 Å². The summed E-state index contributed by atoms with van der Waals surface area (Å²) in [6, 6.07) is -0.284. The highest BCUT2D eigenvalue weighted by Gasteiger charge is 2.01. The Morgan fingerprint density at radius 1 is 1.67 bits per heavy atom. The molecule has 70 valence electrons. The fourth-order valence-corrected chi connectivity index (χ4v) is 1.30. The third-order valence-electron chi connectivity index (χ3n) is 0.865. The van der Waals surface area contributed by atoms with Crippen LogP contribution in [0.15, 0.2) is 4.99 Å². The highest BCUT2D eigenvalue weighted by Crippen LogP contribution is 2.06. The van der Waals surface area contributed by atoms with E-state index in [1.54, 1.807) is 0 Å². The van der Waals surface area contributed by atoms with Crippen molar-refractivity contribution in [1.82, 2.24) is 5.32 Å². The minimum atomic E-state index is -0.379. The van der Waals surface area contributed by atoms with Crippen LogP contribution in [0.2, 0.25) is 0 Å². The Morgan fingerprint density at radius 2 is 2.25 bits per heavy atom. The van der Waals surface area contributed by atoms with E-state index < -0.39 is 0 Å². The van der Waals surface area contributed by atoms with Crippen LogP contribution in [0.25, 0.3) is 0 Å². The number of hydrogen-bond donors (Lipinski definition) is 1. The molecule has 0 aromatic carbocycles. The van der Waals surface area contributed by atoms with Crippen LogP contribution in [0.4, 0.5) is 4.79 Å². The van der Waals surface area contributed by atoms with Crippen LogP contribution in [0, 0.1) is 0 Å². The first-order chi connectivity index (χ1) is 5.56. The number of carbonyl (C=O) groups is 1. The molecule has 0 fully saturated rings. The normalized spacial score (nSPS) is 11.9. The molecule has 0 atom stereocenters. The summed E-state index contributed by atoms with van der Waals surface area (Å²) in [7, 11) is 0. The number of nitrogens with zero attached hydrogens (tertiary/aromatic N) is 1. The zero-order chi connectivity index (χ0) is 9.56. The number of nitrogens with one attached hydrogen (secondary N) is 1. The second kappa shape index (κ2) is 6.31. The number of halogens is 1. The molecule has 0 aliphatic rings. The standard InChI is InChI=1S/C7H13ClN2OS/c1-4-12-6(8)10-7(11)9-5(2)3/h5H,4H2,1-3H3,(H,9,11)/b10-6+. The average molecular weight is 209 g/mol. The van der Waals surface area contributed by atoms with Crippen molar-refractivity contribution in [1.29, 1.82) is 0 Å². The summed E-state index contributed by atoms with van der Waals surface area (Å²) in [5.74, 6) is 0.817. The van der Waals surface area contributed by atoms with Gasteiger partial charge in [0.25, 0.3) is 0 Å². The van der Waals surface area contributed by atoms with Gasteiger partial charge in [-0.2, -0.15) is 4.99 Å². The van der Waals surface area contributed by atoms with Gasteiger partial charge in [0, 0.05) is 6.04 Å². The number of aliphatic imine (C=N–C) groups is 1. The Bertz CT molecular complexity index is 182. The van der Waals surface area contributed by atoms with Crippen LogP contribution in [0.3, 0.4) is 0 Å². The van der Waals surface area contributed by atoms with E-state index in [0.29, 0.717) is 0 Å². The summed E-state index contributed by atoms with van der Waals surface area (Å²) >= 11 is 6.95. The molecule has 0 aliphatic heterocycles. The topological polar surface area (TPSA) is 41.5 Å². The van der Waals surface area contributed by atoms with Gasteiger partial charge in [0.1, 0.15) is 0 Å². The van der Waals surface area contributed by atoms with Crippen molar-refractivity contribution < 1.29 is 4.79 Å². The first kappa shape index (κ1) is 11.8. The van der Waals surface area contributed by atoms with Gasteiger partial charge in [0.2, 0.25) is 0 Å². The highest BCUT2D eigenvalue weighted by atomic mass is 35.5. The van der Waals surface area contributed by atoms with E-state index in [2.05, 4.69) is 10.3 Å². The van der Waals surface area contributed by atoms with Gasteiger partial charge in [-0.25, -0.2) is 4.79 Å². The Balaban J connectivity index is 3.88. The SMILES string of the molecule is CCS/C(Cl)=N/C(=O)NC(C)C. The first-order valence-electron chi connectivity index (χ1n) is 3.73. The number of rotatable bonds is 2. The Morgan fingerprint density at radius 3 is 2.67 bits per heavy atom. The van der Waals surface area contributed by atoms with Gasteiger partial charge in [-0.3, -0.25) is 0 Å². The van der Waals surface area contributed by atoms with Gasteiger partial charge in [-0.1, -0.05) is 30.3 Å². The molecule has 12 heavy (non-hydrogen) atoms. The molecule has 0 heterocycles. The molecule has 0 rings (SSSR count). The van der Waals surface area contributed by atoms with Gasteiger partial charge in [-0.05, 0) is 19.6 Å². The monoisotopic (exact) mass is 208 g/mol. The second-order valence-electron chi connectivity index (χ2n) is 2.40. The van der Waals surface area contributed by atoms with Gasteiger partial charge in [0.05, 0.1) is 0 Å². The smallest absolute Gasteiger partial charge is 0.334 e. The molecular weight excluding hydrogens is 196 g/mol. The lowest BCUT2D eigenvalue weighted by Gasteiger charge is -2.03. The van der Waals surface area contributed by atoms with Gasteiger partial charge < -0.3 is 5.32 Å². The molecule has 0 unspecified atom stereocenters. The van der Waals surface area contributed by atoms with Crippen molar-refractivity contribution in [2.45, 2.75) is 26.8 Å². The van der Waals surface area contributed by atoms with Crippen LogP contribution < -0.4 is 5.32 Å². The van der Waals surface area contributed by atoms with Crippen molar-refractivity contribution in [3.8, 4) is 0 Å². The zero-order valence-electron chi connectivity index (χ0n) is 7.43. The quantitative estimate of drug-likeness (QED) is 0.560. The van der Waals surface area contributed by atoms with Crippen LogP contribution in [0.5, 0.6) is 0 Å². The molecule has 0 aromatic heterocycles. The largest absolute Gasteiger partial charge is 0.343 e. The summed E-state index contributed by atoms with van der Waals surface area (Å²) < 4.78 is 0.288. The molecule has 0 aliphatic carbocycles. The summed E-state index contributed by atoms with van der Waals surface area (Å²) in [6.45, 7) is 5.69. The maximum atomic E-state index is 10.9. The summed E-state index contributed by atoms with van der Waals surface area (Å²) in [6.07, 6.45) is 0. The number of hydrogen-bond acceptors (Lipinski definition) is 2. The van der Waals surface area contributed by atoms with Crippen LogP contribution in [-0.4, -0.2) is 22.3 Å². The molecular formula is C7H13ClN2OS. The summed E-state index contributed by atoms with van der Waals surface area (Å²) in [5.41, 5.74) is 0. The van der Waals surface area contributed by atoms with E-state index in [1.165, 1.54) is 11.8 Å². The number of thioether (sulfide) groups is 1. The zero-order valence-corrected chi connectivity index (χ0v) is 9.00. The van der Waals surface area contributed by atoms with Crippen LogP contribution in [-0.2, 0) is 0 Å². The second-order valence-corrected chi connectivity index (χ2v) is 4.24. The van der Waals surface area contributed by atoms with Crippen molar-refractivity contribution in [2.75, 3.05) is 5.75 Å². The maximum absolute atomic E-state index is 10.9. The molecule has 0 aromatic rings. The van der Waals surface area contributed by atoms with E-state index in [-0.39, 0.29) is 16.6 Å². The molecule has 0 saturated heterocycles. The molecule has 2 amide bonds. The predicted molar refractivity (Wildman–Crippen MR) is 55.1 cm³/mol. The lowest BCUT2D eigenvalue weighted by atomic mass is 10.4.